The summed E-state index contributed by atoms with van der Waals surface area (Å²) in [5, 5.41) is 9.20. The average Bonchev–Trinajstić information content (AvgIpc) is 2.69. The summed E-state index contributed by atoms with van der Waals surface area (Å²) in [5.74, 6) is -0.953. The predicted molar refractivity (Wildman–Crippen MR) is 88.0 cm³/mol. The third-order valence-corrected chi connectivity index (χ3v) is 5.73. The molecule has 0 amide bonds. The Morgan fingerprint density at radius 1 is 1.47 bits per heavy atom. The molecule has 0 saturated heterocycles. The van der Waals surface area contributed by atoms with E-state index >= 15 is 0 Å². The van der Waals surface area contributed by atoms with E-state index in [2.05, 4.69) is 22.6 Å². The lowest BCUT2D eigenvalue weighted by molar-refractivity contribution is 0.0703. The van der Waals surface area contributed by atoms with Crippen LogP contribution in [-0.2, 0) is 6.42 Å². The molecule has 0 saturated carbocycles. The van der Waals surface area contributed by atoms with Gasteiger partial charge in [0.15, 0.2) is 0 Å². The molecule has 0 aliphatic heterocycles. The number of halogens is 1. The SMILES string of the molecule is CCc1c(-c2cccc(C)c2I)sc(C(=O)O)c1N. The normalized spacial score (nSPS) is 10.7. The van der Waals surface area contributed by atoms with Gasteiger partial charge in [-0.1, -0.05) is 25.1 Å². The molecule has 0 unspecified atom stereocenters. The van der Waals surface area contributed by atoms with Crippen molar-refractivity contribution in [2.75, 3.05) is 5.73 Å². The molecular weight excluding hydrogens is 373 g/mol. The van der Waals surface area contributed by atoms with E-state index in [0.29, 0.717) is 5.69 Å². The van der Waals surface area contributed by atoms with Gasteiger partial charge in [-0.15, -0.1) is 11.3 Å². The fourth-order valence-electron chi connectivity index (χ4n) is 2.03. The maximum Gasteiger partial charge on any atom is 0.348 e. The highest BCUT2D eigenvalue weighted by Crippen LogP contribution is 2.41. The molecule has 1 aromatic carbocycles. The van der Waals surface area contributed by atoms with Gasteiger partial charge in [0.25, 0.3) is 0 Å². The zero-order chi connectivity index (χ0) is 14.2. The van der Waals surface area contributed by atoms with Crippen molar-refractivity contribution in [3.8, 4) is 10.4 Å². The van der Waals surface area contributed by atoms with Crippen molar-refractivity contribution >= 4 is 45.6 Å². The number of carboxylic acid groups (broad SMARTS) is 1. The summed E-state index contributed by atoms with van der Waals surface area (Å²) >= 11 is 3.56. The molecule has 5 heteroatoms. The number of aryl methyl sites for hydroxylation is 1. The number of nitrogens with two attached hydrogens (primary N) is 1. The van der Waals surface area contributed by atoms with Gasteiger partial charge < -0.3 is 10.8 Å². The zero-order valence-electron chi connectivity index (χ0n) is 10.7. The van der Waals surface area contributed by atoms with Gasteiger partial charge in [-0.25, -0.2) is 4.79 Å². The highest BCUT2D eigenvalue weighted by Gasteiger charge is 2.21. The first kappa shape index (κ1) is 14.3. The van der Waals surface area contributed by atoms with Crippen molar-refractivity contribution in [1.82, 2.24) is 0 Å². The minimum atomic E-state index is -0.953. The van der Waals surface area contributed by atoms with Crippen molar-refractivity contribution in [2.24, 2.45) is 0 Å². The largest absolute Gasteiger partial charge is 0.477 e. The number of carbonyl (C=O) groups is 1. The lowest BCUT2D eigenvalue weighted by Crippen LogP contribution is -1.99. The Balaban J connectivity index is 2.72. The molecule has 3 N–H and O–H groups in total. The smallest absolute Gasteiger partial charge is 0.348 e. The molecule has 1 heterocycles. The second-order valence-corrected chi connectivity index (χ2v) is 6.35. The fourth-order valence-corrected chi connectivity index (χ4v) is 4.02. The topological polar surface area (TPSA) is 63.3 Å². The van der Waals surface area contributed by atoms with E-state index in [9.17, 15) is 9.90 Å². The molecule has 0 aliphatic rings. The monoisotopic (exact) mass is 387 g/mol. The predicted octanol–water partition coefficient (Wildman–Crippen LogP) is 4.17. The van der Waals surface area contributed by atoms with E-state index in [1.54, 1.807) is 0 Å². The Kier molecular flexibility index (Phi) is 4.15. The van der Waals surface area contributed by atoms with Gasteiger partial charge in [0.2, 0.25) is 0 Å². The number of carboxylic acids is 1. The first-order chi connectivity index (χ1) is 8.97. The Bertz CT molecular complexity index is 649. The van der Waals surface area contributed by atoms with Gasteiger partial charge in [0, 0.05) is 14.0 Å². The number of thiophene rings is 1. The van der Waals surface area contributed by atoms with Crippen LogP contribution in [0.1, 0.15) is 27.7 Å². The maximum absolute atomic E-state index is 11.2. The molecular formula is C14H14INO2S. The van der Waals surface area contributed by atoms with Crippen LogP contribution in [0.4, 0.5) is 5.69 Å². The summed E-state index contributed by atoms with van der Waals surface area (Å²) in [5.41, 5.74) is 9.57. The highest BCUT2D eigenvalue weighted by atomic mass is 127. The number of hydrogen-bond donors (Lipinski definition) is 2. The van der Waals surface area contributed by atoms with Crippen molar-refractivity contribution in [3.05, 3.63) is 37.8 Å². The van der Waals surface area contributed by atoms with Crippen LogP contribution in [0.25, 0.3) is 10.4 Å². The molecule has 2 aromatic rings. The fraction of sp³-hybridized carbons (Fsp3) is 0.214. The quantitative estimate of drug-likeness (QED) is 0.777. The van der Waals surface area contributed by atoms with E-state index < -0.39 is 5.97 Å². The summed E-state index contributed by atoms with van der Waals surface area (Å²) < 4.78 is 1.15. The minimum absolute atomic E-state index is 0.240. The molecule has 0 atom stereocenters. The van der Waals surface area contributed by atoms with Crippen molar-refractivity contribution < 1.29 is 9.90 Å². The third kappa shape index (κ3) is 2.49. The van der Waals surface area contributed by atoms with E-state index in [1.165, 1.54) is 16.9 Å². The lowest BCUT2D eigenvalue weighted by Gasteiger charge is -2.07. The molecule has 19 heavy (non-hydrogen) atoms. The van der Waals surface area contributed by atoms with Crippen molar-refractivity contribution in [2.45, 2.75) is 20.3 Å². The van der Waals surface area contributed by atoms with Crippen molar-refractivity contribution in [1.29, 1.82) is 0 Å². The number of nitrogen functional groups attached to an aromatic ring is 1. The molecule has 0 aliphatic carbocycles. The van der Waals surface area contributed by atoms with Crippen LogP contribution in [0.3, 0.4) is 0 Å². The Morgan fingerprint density at radius 3 is 2.74 bits per heavy atom. The van der Waals surface area contributed by atoms with Crippen molar-refractivity contribution in [3.63, 3.8) is 0 Å². The molecule has 0 bridgehead atoms. The summed E-state index contributed by atoms with van der Waals surface area (Å²) in [6, 6.07) is 6.05. The standard InChI is InChI=1S/C14H14INO2S/c1-3-8-11(16)13(14(17)18)19-12(8)9-6-4-5-7(2)10(9)15/h4-6H,3,16H2,1-2H3,(H,17,18). The maximum atomic E-state index is 11.2. The van der Waals surface area contributed by atoms with Crippen LogP contribution < -0.4 is 5.73 Å². The molecule has 2 rings (SSSR count). The van der Waals surface area contributed by atoms with Gasteiger partial charge in [-0.05, 0) is 47.1 Å². The van der Waals surface area contributed by atoms with E-state index in [1.807, 2.05) is 32.0 Å². The van der Waals surface area contributed by atoms with Gasteiger partial charge in [-0.2, -0.15) is 0 Å². The summed E-state index contributed by atoms with van der Waals surface area (Å²) in [4.78, 5) is 12.4. The first-order valence-electron chi connectivity index (χ1n) is 5.87. The minimum Gasteiger partial charge on any atom is -0.477 e. The van der Waals surface area contributed by atoms with Crippen LogP contribution in [0, 0.1) is 10.5 Å². The second-order valence-electron chi connectivity index (χ2n) is 4.25. The lowest BCUT2D eigenvalue weighted by atomic mass is 10.0. The zero-order valence-corrected chi connectivity index (χ0v) is 13.6. The molecule has 100 valence electrons. The Hall–Kier alpha value is -1.08. The molecule has 0 spiro atoms. The summed E-state index contributed by atoms with van der Waals surface area (Å²) in [7, 11) is 0. The van der Waals surface area contributed by atoms with Gasteiger partial charge in [-0.3, -0.25) is 0 Å². The number of aromatic carboxylic acids is 1. The Morgan fingerprint density at radius 2 is 2.16 bits per heavy atom. The number of anilines is 1. The van der Waals surface area contributed by atoms with Crippen LogP contribution >= 0.6 is 33.9 Å². The van der Waals surface area contributed by atoms with Crippen LogP contribution in [0.2, 0.25) is 0 Å². The van der Waals surface area contributed by atoms with Gasteiger partial charge >= 0.3 is 5.97 Å². The van der Waals surface area contributed by atoms with Gasteiger partial charge in [0.05, 0.1) is 5.69 Å². The van der Waals surface area contributed by atoms with Crippen LogP contribution in [-0.4, -0.2) is 11.1 Å². The second kappa shape index (κ2) is 5.50. The number of hydrogen-bond acceptors (Lipinski definition) is 3. The first-order valence-corrected chi connectivity index (χ1v) is 7.76. The van der Waals surface area contributed by atoms with Gasteiger partial charge in [0.1, 0.15) is 4.88 Å². The highest BCUT2D eigenvalue weighted by molar-refractivity contribution is 14.1. The average molecular weight is 387 g/mol. The molecule has 0 radical (unpaired) electrons. The molecule has 0 fully saturated rings. The summed E-state index contributed by atoms with van der Waals surface area (Å²) in [6.45, 7) is 4.04. The van der Waals surface area contributed by atoms with Crippen LogP contribution in [0.15, 0.2) is 18.2 Å². The number of rotatable bonds is 3. The third-order valence-electron chi connectivity index (χ3n) is 3.03. The molecule has 3 nitrogen and oxygen atoms in total. The van der Waals surface area contributed by atoms with E-state index in [4.69, 9.17) is 5.73 Å². The number of benzene rings is 1. The Labute approximate surface area is 129 Å². The van der Waals surface area contributed by atoms with E-state index in [0.717, 1.165) is 26.0 Å². The van der Waals surface area contributed by atoms with Crippen LogP contribution in [0.5, 0.6) is 0 Å². The summed E-state index contributed by atoms with van der Waals surface area (Å²) in [6.07, 6.45) is 0.731. The molecule has 1 aromatic heterocycles. The van der Waals surface area contributed by atoms with E-state index in [-0.39, 0.29) is 4.88 Å².